The molecule has 0 radical (unpaired) electrons. The third-order valence-corrected chi connectivity index (χ3v) is 2.96. The van der Waals surface area contributed by atoms with Gasteiger partial charge in [-0.25, -0.2) is 9.67 Å². The first-order valence-corrected chi connectivity index (χ1v) is 5.23. The average Bonchev–Trinajstić information content (AvgIpc) is 2.44. The summed E-state index contributed by atoms with van der Waals surface area (Å²) in [6.07, 6.45) is 1.70. The van der Waals surface area contributed by atoms with E-state index in [4.69, 9.17) is 0 Å². The minimum Gasteiger partial charge on any atom is -0.298 e. The fourth-order valence-electron chi connectivity index (χ4n) is 1.25. The molecule has 0 fully saturated rings. The summed E-state index contributed by atoms with van der Waals surface area (Å²) in [6.45, 7) is 1.87. The van der Waals surface area contributed by atoms with Crippen molar-refractivity contribution >= 4 is 39.4 Å². The summed E-state index contributed by atoms with van der Waals surface area (Å²) in [4.78, 5) is 15.1. The maximum absolute atomic E-state index is 11.0. The summed E-state index contributed by atoms with van der Waals surface area (Å²) >= 11 is 2.18. The second kappa shape index (κ2) is 3.64. The number of hydrogen-bond acceptors (Lipinski definition) is 3. The van der Waals surface area contributed by atoms with Crippen molar-refractivity contribution in [2.45, 2.75) is 13.5 Å². The van der Waals surface area contributed by atoms with Crippen LogP contribution in [0.1, 0.15) is 6.92 Å². The molecule has 0 aliphatic rings. The molecule has 0 aliphatic heterocycles. The maximum atomic E-state index is 11.0. The highest BCUT2D eigenvalue weighted by Crippen LogP contribution is 2.17. The highest BCUT2D eigenvalue weighted by molar-refractivity contribution is 14.1. The molecule has 0 aliphatic carbocycles. The number of Topliss-reactive ketones (excluding diaryl/α,β-unsaturated/α-hetero) is 1. The molecule has 5 heteroatoms. The monoisotopic (exact) mass is 301 g/mol. The number of carbonyl (C=O) groups is 1. The number of carbonyl (C=O) groups excluding carboxylic acids is 1. The van der Waals surface area contributed by atoms with Gasteiger partial charge in [0.25, 0.3) is 0 Å². The summed E-state index contributed by atoms with van der Waals surface area (Å²) in [5.41, 5.74) is 0.693. The lowest BCUT2D eigenvalue weighted by Crippen LogP contribution is -2.09. The van der Waals surface area contributed by atoms with E-state index < -0.39 is 0 Å². The van der Waals surface area contributed by atoms with Gasteiger partial charge < -0.3 is 0 Å². The van der Waals surface area contributed by atoms with Crippen molar-refractivity contribution in [2.24, 2.45) is 0 Å². The van der Waals surface area contributed by atoms with Gasteiger partial charge in [0.15, 0.2) is 11.4 Å². The van der Waals surface area contributed by atoms with Crippen molar-refractivity contribution in [1.82, 2.24) is 14.8 Å². The van der Waals surface area contributed by atoms with Crippen LogP contribution in [0.15, 0.2) is 18.3 Å². The Kier molecular flexibility index (Phi) is 2.49. The van der Waals surface area contributed by atoms with Crippen LogP contribution in [-0.4, -0.2) is 20.5 Å². The Morgan fingerprint density at radius 3 is 3.07 bits per heavy atom. The molecule has 0 unspecified atom stereocenters. The van der Waals surface area contributed by atoms with Crippen molar-refractivity contribution in [1.29, 1.82) is 0 Å². The molecular formula is C9H8IN3O. The number of nitrogens with zero attached hydrogens (tertiary/aromatic N) is 3. The number of hydrogen-bond donors (Lipinski definition) is 0. The molecule has 0 amide bonds. The van der Waals surface area contributed by atoms with Crippen LogP contribution >= 0.6 is 22.6 Å². The summed E-state index contributed by atoms with van der Waals surface area (Å²) in [7, 11) is 0. The van der Waals surface area contributed by atoms with E-state index in [9.17, 15) is 4.79 Å². The molecule has 0 atom stereocenters. The minimum absolute atomic E-state index is 0.0933. The SMILES string of the molecule is CC(=O)Cn1nc2ncccc2c1I. The molecule has 2 aromatic heterocycles. The van der Waals surface area contributed by atoms with Gasteiger partial charge in [0, 0.05) is 6.20 Å². The van der Waals surface area contributed by atoms with Gasteiger partial charge in [0.1, 0.15) is 10.2 Å². The lowest BCUT2D eigenvalue weighted by Gasteiger charge is -1.97. The smallest absolute Gasteiger partial charge is 0.182 e. The van der Waals surface area contributed by atoms with Crippen molar-refractivity contribution in [3.05, 3.63) is 22.0 Å². The van der Waals surface area contributed by atoms with Gasteiger partial charge in [0.05, 0.1) is 5.39 Å². The normalized spacial score (nSPS) is 10.7. The van der Waals surface area contributed by atoms with Crippen molar-refractivity contribution in [3.63, 3.8) is 0 Å². The fraction of sp³-hybridized carbons (Fsp3) is 0.222. The summed E-state index contributed by atoms with van der Waals surface area (Å²) < 4.78 is 2.64. The molecule has 0 bridgehead atoms. The van der Waals surface area contributed by atoms with E-state index >= 15 is 0 Å². The summed E-state index contributed by atoms with van der Waals surface area (Å²) in [5.74, 6) is 0.0933. The molecule has 4 nitrogen and oxygen atoms in total. The third kappa shape index (κ3) is 1.63. The quantitative estimate of drug-likeness (QED) is 0.792. The molecule has 0 N–H and O–H groups in total. The van der Waals surface area contributed by atoms with E-state index in [0.717, 1.165) is 9.09 Å². The lowest BCUT2D eigenvalue weighted by molar-refractivity contribution is -0.117. The van der Waals surface area contributed by atoms with Gasteiger partial charge in [0.2, 0.25) is 0 Å². The molecule has 2 aromatic rings. The van der Waals surface area contributed by atoms with E-state index in [-0.39, 0.29) is 5.78 Å². The van der Waals surface area contributed by atoms with Crippen LogP contribution in [-0.2, 0) is 11.3 Å². The zero-order valence-electron chi connectivity index (χ0n) is 7.57. The first-order chi connectivity index (χ1) is 6.68. The summed E-state index contributed by atoms with van der Waals surface area (Å²) in [5, 5.41) is 5.22. The van der Waals surface area contributed by atoms with Crippen LogP contribution in [0, 0.1) is 3.70 Å². The Hall–Kier alpha value is -0.980. The molecule has 2 rings (SSSR count). The van der Waals surface area contributed by atoms with E-state index in [0.29, 0.717) is 12.2 Å². The molecule has 14 heavy (non-hydrogen) atoms. The standard InChI is InChI=1S/C9H8IN3O/c1-6(14)5-13-8(10)7-3-2-4-11-9(7)12-13/h2-4H,5H2,1H3. The van der Waals surface area contributed by atoms with Crippen LogP contribution in [0.4, 0.5) is 0 Å². The number of fused-ring (bicyclic) bond motifs is 1. The minimum atomic E-state index is 0.0933. The molecule has 0 spiro atoms. The first kappa shape index (κ1) is 9.57. The van der Waals surface area contributed by atoms with Crippen LogP contribution in [0.2, 0.25) is 0 Å². The van der Waals surface area contributed by atoms with E-state index in [2.05, 4.69) is 32.7 Å². The Morgan fingerprint density at radius 1 is 1.64 bits per heavy atom. The van der Waals surface area contributed by atoms with Crippen LogP contribution in [0.3, 0.4) is 0 Å². The number of ketones is 1. The number of aromatic nitrogens is 3. The van der Waals surface area contributed by atoms with Crippen molar-refractivity contribution in [3.8, 4) is 0 Å². The largest absolute Gasteiger partial charge is 0.298 e. The Balaban J connectivity index is 2.57. The highest BCUT2D eigenvalue weighted by Gasteiger charge is 2.09. The van der Waals surface area contributed by atoms with Gasteiger partial charge in [-0.05, 0) is 41.6 Å². The van der Waals surface area contributed by atoms with Crippen LogP contribution in [0.25, 0.3) is 11.0 Å². The lowest BCUT2D eigenvalue weighted by atomic mass is 10.4. The molecule has 0 aromatic carbocycles. The van der Waals surface area contributed by atoms with Gasteiger partial charge in [-0.2, -0.15) is 5.10 Å². The molecule has 0 saturated heterocycles. The Morgan fingerprint density at radius 2 is 2.43 bits per heavy atom. The Bertz CT molecular complexity index is 492. The maximum Gasteiger partial charge on any atom is 0.182 e. The predicted octanol–water partition coefficient (Wildman–Crippen LogP) is 1.62. The van der Waals surface area contributed by atoms with Crippen LogP contribution < -0.4 is 0 Å². The number of halogens is 1. The molecule has 0 saturated carbocycles. The van der Waals surface area contributed by atoms with Gasteiger partial charge in [-0.3, -0.25) is 4.79 Å². The van der Waals surface area contributed by atoms with Crippen molar-refractivity contribution < 1.29 is 4.79 Å². The molecule has 2 heterocycles. The van der Waals surface area contributed by atoms with Gasteiger partial charge in [-0.1, -0.05) is 0 Å². The van der Waals surface area contributed by atoms with Crippen LogP contribution in [0.5, 0.6) is 0 Å². The predicted molar refractivity (Wildman–Crippen MR) is 60.9 cm³/mol. The topological polar surface area (TPSA) is 47.8 Å². The van der Waals surface area contributed by atoms with E-state index in [1.807, 2.05) is 12.1 Å². The van der Waals surface area contributed by atoms with Gasteiger partial charge >= 0.3 is 0 Å². The van der Waals surface area contributed by atoms with Gasteiger partial charge in [-0.15, -0.1) is 0 Å². The van der Waals surface area contributed by atoms with E-state index in [1.54, 1.807) is 17.8 Å². The zero-order chi connectivity index (χ0) is 10.1. The second-order valence-corrected chi connectivity index (χ2v) is 4.05. The molecular weight excluding hydrogens is 293 g/mol. The third-order valence-electron chi connectivity index (χ3n) is 1.82. The van der Waals surface area contributed by atoms with E-state index in [1.165, 1.54) is 0 Å². The number of pyridine rings is 1. The zero-order valence-corrected chi connectivity index (χ0v) is 9.72. The highest BCUT2D eigenvalue weighted by atomic mass is 127. The Labute approximate surface area is 94.5 Å². The number of rotatable bonds is 2. The second-order valence-electron chi connectivity index (χ2n) is 3.03. The first-order valence-electron chi connectivity index (χ1n) is 4.15. The van der Waals surface area contributed by atoms with Crippen molar-refractivity contribution in [2.75, 3.05) is 0 Å². The summed E-state index contributed by atoms with van der Waals surface area (Å²) in [6, 6.07) is 3.82. The fourth-order valence-corrected chi connectivity index (χ4v) is 1.95. The average molecular weight is 301 g/mol. The molecule has 72 valence electrons.